The molecule has 0 bridgehead atoms. The van der Waals surface area contributed by atoms with Gasteiger partial charge in [-0.15, -0.1) is 0 Å². The van der Waals surface area contributed by atoms with E-state index >= 15 is 0 Å². The van der Waals surface area contributed by atoms with Gasteiger partial charge in [0.2, 0.25) is 5.91 Å². The number of carbonyl (C=O) groups excluding carboxylic acids is 1. The molecule has 7 nitrogen and oxygen atoms in total. The van der Waals surface area contributed by atoms with Crippen LogP contribution in [-0.2, 0) is 11.3 Å². The van der Waals surface area contributed by atoms with Crippen LogP contribution in [-0.4, -0.2) is 33.2 Å². The van der Waals surface area contributed by atoms with Crippen molar-refractivity contribution in [3.63, 3.8) is 0 Å². The molecule has 0 aromatic carbocycles. The summed E-state index contributed by atoms with van der Waals surface area (Å²) in [5, 5.41) is 11.2. The predicted octanol–water partition coefficient (Wildman–Crippen LogP) is -1.97. The molecule has 16 heavy (non-hydrogen) atoms. The van der Waals surface area contributed by atoms with E-state index < -0.39 is 17.2 Å². The second-order valence-corrected chi connectivity index (χ2v) is 3.39. The summed E-state index contributed by atoms with van der Waals surface area (Å²) in [5.41, 5.74) is -1.15. The lowest BCUT2D eigenvalue weighted by atomic mass is 10.3. The van der Waals surface area contributed by atoms with E-state index in [4.69, 9.17) is 5.11 Å². The van der Waals surface area contributed by atoms with Crippen molar-refractivity contribution in [2.75, 3.05) is 6.61 Å². The molecule has 0 saturated carbocycles. The Hall–Kier alpha value is -1.89. The van der Waals surface area contributed by atoms with Crippen LogP contribution in [0.25, 0.3) is 0 Å². The molecule has 1 rings (SSSR count). The highest BCUT2D eigenvalue weighted by Gasteiger charge is 2.07. The molecule has 0 aliphatic rings. The van der Waals surface area contributed by atoms with E-state index in [9.17, 15) is 14.4 Å². The molecule has 0 aliphatic heterocycles. The van der Waals surface area contributed by atoms with Crippen LogP contribution in [0.1, 0.15) is 6.92 Å². The molecule has 0 saturated heterocycles. The molecular weight excluding hydrogens is 214 g/mol. The van der Waals surface area contributed by atoms with Crippen molar-refractivity contribution >= 4 is 5.91 Å². The number of rotatable bonds is 4. The SMILES string of the molecule is CC(CO)NC(=O)Cn1ccc(=O)[nH]c1=O. The first-order chi connectivity index (χ1) is 7.52. The van der Waals surface area contributed by atoms with Gasteiger partial charge in [-0.2, -0.15) is 0 Å². The number of aliphatic hydroxyl groups excluding tert-OH is 1. The highest BCUT2D eigenvalue weighted by atomic mass is 16.3. The highest BCUT2D eigenvalue weighted by Crippen LogP contribution is 1.82. The summed E-state index contributed by atoms with van der Waals surface area (Å²) in [7, 11) is 0. The Kier molecular flexibility index (Phi) is 4.01. The van der Waals surface area contributed by atoms with Crippen molar-refractivity contribution in [1.82, 2.24) is 14.9 Å². The first-order valence-corrected chi connectivity index (χ1v) is 4.73. The second-order valence-electron chi connectivity index (χ2n) is 3.39. The fraction of sp³-hybridized carbons (Fsp3) is 0.444. The number of hydrogen-bond donors (Lipinski definition) is 3. The zero-order chi connectivity index (χ0) is 12.1. The minimum Gasteiger partial charge on any atom is -0.394 e. The van der Waals surface area contributed by atoms with Crippen molar-refractivity contribution in [3.05, 3.63) is 33.1 Å². The van der Waals surface area contributed by atoms with Crippen molar-refractivity contribution in [1.29, 1.82) is 0 Å². The Balaban J connectivity index is 2.70. The normalized spacial score (nSPS) is 12.1. The first kappa shape index (κ1) is 12.2. The quantitative estimate of drug-likeness (QED) is 0.555. The van der Waals surface area contributed by atoms with Crippen LogP contribution in [0.2, 0.25) is 0 Å². The fourth-order valence-electron chi connectivity index (χ4n) is 1.09. The third kappa shape index (κ3) is 3.35. The lowest BCUT2D eigenvalue weighted by Gasteiger charge is -2.11. The average Bonchev–Trinajstić information content (AvgIpc) is 2.22. The number of hydrogen-bond acceptors (Lipinski definition) is 4. The van der Waals surface area contributed by atoms with Gasteiger partial charge in [0.15, 0.2) is 0 Å². The Morgan fingerprint density at radius 2 is 2.31 bits per heavy atom. The van der Waals surface area contributed by atoms with Gasteiger partial charge in [0.25, 0.3) is 5.56 Å². The number of aromatic nitrogens is 2. The lowest BCUT2D eigenvalue weighted by Crippen LogP contribution is -2.40. The van der Waals surface area contributed by atoms with Gasteiger partial charge in [-0.3, -0.25) is 19.1 Å². The molecule has 1 atom stereocenters. The minimum atomic E-state index is -0.640. The monoisotopic (exact) mass is 227 g/mol. The minimum absolute atomic E-state index is 0.174. The van der Waals surface area contributed by atoms with Gasteiger partial charge in [-0.25, -0.2) is 4.79 Å². The molecule has 0 aliphatic carbocycles. The average molecular weight is 227 g/mol. The molecule has 1 unspecified atom stereocenters. The Morgan fingerprint density at radius 1 is 1.62 bits per heavy atom. The van der Waals surface area contributed by atoms with Gasteiger partial charge in [-0.05, 0) is 6.92 Å². The maximum Gasteiger partial charge on any atom is 0.328 e. The zero-order valence-electron chi connectivity index (χ0n) is 8.77. The molecule has 0 radical (unpaired) electrons. The number of amides is 1. The Morgan fingerprint density at radius 3 is 2.88 bits per heavy atom. The van der Waals surface area contributed by atoms with E-state index in [0.29, 0.717) is 0 Å². The molecule has 1 aromatic rings. The smallest absolute Gasteiger partial charge is 0.328 e. The standard InChI is InChI=1S/C9H13N3O4/c1-6(5-13)10-8(15)4-12-3-2-7(14)11-9(12)16/h2-3,6,13H,4-5H2,1H3,(H,10,15)(H,11,14,16). The van der Waals surface area contributed by atoms with Crippen molar-refractivity contribution < 1.29 is 9.90 Å². The molecule has 3 N–H and O–H groups in total. The van der Waals surface area contributed by atoms with Crippen molar-refractivity contribution in [3.8, 4) is 0 Å². The maximum atomic E-state index is 11.3. The molecule has 0 fully saturated rings. The van der Waals surface area contributed by atoms with Crippen molar-refractivity contribution in [2.45, 2.75) is 19.5 Å². The summed E-state index contributed by atoms with van der Waals surface area (Å²) in [6.07, 6.45) is 1.24. The molecule has 1 amide bonds. The van der Waals surface area contributed by atoms with Crippen LogP contribution in [0.5, 0.6) is 0 Å². The van der Waals surface area contributed by atoms with Crippen LogP contribution in [0, 0.1) is 0 Å². The third-order valence-corrected chi connectivity index (χ3v) is 1.89. The van der Waals surface area contributed by atoms with Gasteiger partial charge in [0.05, 0.1) is 6.61 Å². The maximum absolute atomic E-state index is 11.3. The van der Waals surface area contributed by atoms with E-state index in [-0.39, 0.29) is 19.2 Å². The van der Waals surface area contributed by atoms with Crippen LogP contribution in [0.4, 0.5) is 0 Å². The third-order valence-electron chi connectivity index (χ3n) is 1.89. The number of aromatic amines is 1. The number of aliphatic hydroxyl groups is 1. The Bertz CT molecular complexity index is 476. The number of carbonyl (C=O) groups is 1. The van der Waals surface area contributed by atoms with Crippen LogP contribution in [0.15, 0.2) is 21.9 Å². The van der Waals surface area contributed by atoms with E-state index in [1.807, 2.05) is 4.98 Å². The summed E-state index contributed by atoms with van der Waals surface area (Å²) in [4.78, 5) is 35.3. The number of nitrogens with one attached hydrogen (secondary N) is 2. The van der Waals surface area contributed by atoms with Gasteiger partial charge < -0.3 is 10.4 Å². The van der Waals surface area contributed by atoms with E-state index in [0.717, 1.165) is 10.6 Å². The summed E-state index contributed by atoms with van der Waals surface area (Å²) in [6.45, 7) is 1.26. The van der Waals surface area contributed by atoms with E-state index in [1.54, 1.807) is 6.92 Å². The second kappa shape index (κ2) is 5.26. The molecule has 7 heteroatoms. The summed E-state index contributed by atoms with van der Waals surface area (Å²) < 4.78 is 1.07. The van der Waals surface area contributed by atoms with E-state index in [2.05, 4.69) is 5.32 Å². The molecule has 88 valence electrons. The number of nitrogens with zero attached hydrogens (tertiary/aromatic N) is 1. The summed E-state index contributed by atoms with van der Waals surface area (Å²) in [5.74, 6) is -0.407. The predicted molar refractivity (Wildman–Crippen MR) is 56.0 cm³/mol. The molecule has 1 aromatic heterocycles. The fourth-order valence-corrected chi connectivity index (χ4v) is 1.09. The summed E-state index contributed by atoms with van der Waals surface area (Å²) >= 11 is 0. The molecule has 0 spiro atoms. The highest BCUT2D eigenvalue weighted by molar-refractivity contribution is 5.75. The van der Waals surface area contributed by atoms with Crippen LogP contribution in [0.3, 0.4) is 0 Å². The van der Waals surface area contributed by atoms with E-state index in [1.165, 1.54) is 6.20 Å². The van der Waals surface area contributed by atoms with Gasteiger partial charge in [-0.1, -0.05) is 0 Å². The zero-order valence-corrected chi connectivity index (χ0v) is 8.77. The largest absolute Gasteiger partial charge is 0.394 e. The Labute approximate surface area is 90.7 Å². The van der Waals surface area contributed by atoms with Gasteiger partial charge in [0.1, 0.15) is 6.54 Å². The lowest BCUT2D eigenvalue weighted by molar-refractivity contribution is -0.122. The van der Waals surface area contributed by atoms with Gasteiger partial charge in [0, 0.05) is 18.3 Å². The van der Waals surface area contributed by atoms with Crippen molar-refractivity contribution in [2.24, 2.45) is 0 Å². The first-order valence-electron chi connectivity index (χ1n) is 4.73. The molecule has 1 heterocycles. The van der Waals surface area contributed by atoms with Gasteiger partial charge >= 0.3 is 5.69 Å². The topological polar surface area (TPSA) is 104 Å². The van der Waals surface area contributed by atoms with Crippen LogP contribution >= 0.6 is 0 Å². The summed E-state index contributed by atoms with van der Waals surface area (Å²) in [6, 6.07) is 0.787. The number of H-pyrrole nitrogens is 1. The van der Waals surface area contributed by atoms with Crippen LogP contribution < -0.4 is 16.6 Å². The molecular formula is C9H13N3O4.